The van der Waals surface area contributed by atoms with E-state index in [1.54, 1.807) is 0 Å². The van der Waals surface area contributed by atoms with Crippen molar-refractivity contribution in [2.45, 2.75) is 24.1 Å². The number of sulfonamides is 1. The summed E-state index contributed by atoms with van der Waals surface area (Å²) in [4.78, 5) is 21.5. The lowest BCUT2D eigenvalue weighted by Crippen LogP contribution is -2.51. The van der Waals surface area contributed by atoms with Gasteiger partial charge in [0.15, 0.2) is 5.25 Å². The van der Waals surface area contributed by atoms with Crippen molar-refractivity contribution in [2.24, 2.45) is 5.73 Å². The maximum atomic E-state index is 11.8. The molecule has 0 aromatic carbocycles. The molecule has 0 saturated carbocycles. The largest absolute Gasteiger partial charge is 0.480 e. The molecule has 0 amide bonds. The molecule has 2 unspecified atom stereocenters. The number of nitrogens with two attached hydrogens (primary N) is 1. The third-order valence-electron chi connectivity index (χ3n) is 2.85. The number of nitrogens with zero attached hydrogens (tertiary/aromatic N) is 1. The number of carboxylic acid groups (broad SMARTS) is 2. The molecule has 1 heterocycles. The first kappa shape index (κ1) is 13.9. The monoisotopic (exact) mass is 266 g/mol. The highest BCUT2D eigenvalue weighted by atomic mass is 32.2. The Morgan fingerprint density at radius 1 is 1.41 bits per heavy atom. The molecule has 4 N–H and O–H groups in total. The predicted octanol–water partition coefficient (Wildman–Crippen LogP) is -1.72. The SMILES string of the molecule is CC(C(=O)O)S(=O)(=O)N1CCC(N)(C(=O)O)C1. The van der Waals surface area contributed by atoms with Crippen LogP contribution in [-0.2, 0) is 19.6 Å². The molecule has 1 fully saturated rings. The molecule has 0 aromatic rings. The molecule has 0 radical (unpaired) electrons. The lowest BCUT2D eigenvalue weighted by molar-refractivity contribution is -0.142. The zero-order chi connectivity index (χ0) is 13.4. The van der Waals surface area contributed by atoms with Crippen LogP contribution >= 0.6 is 0 Å². The first-order valence-corrected chi connectivity index (χ1v) is 6.35. The third kappa shape index (κ3) is 2.40. The Hall–Kier alpha value is -1.19. The molecule has 0 spiro atoms. The minimum absolute atomic E-state index is 0.0338. The number of hydrogen-bond donors (Lipinski definition) is 3. The van der Waals surface area contributed by atoms with Crippen LogP contribution in [0.4, 0.5) is 0 Å². The van der Waals surface area contributed by atoms with Gasteiger partial charge in [-0.3, -0.25) is 9.59 Å². The Morgan fingerprint density at radius 3 is 2.29 bits per heavy atom. The lowest BCUT2D eigenvalue weighted by Gasteiger charge is -2.21. The smallest absolute Gasteiger partial charge is 0.325 e. The zero-order valence-corrected chi connectivity index (χ0v) is 9.98. The highest BCUT2D eigenvalue weighted by Crippen LogP contribution is 2.23. The Balaban J connectivity index is 2.92. The highest BCUT2D eigenvalue weighted by Gasteiger charge is 2.47. The van der Waals surface area contributed by atoms with Gasteiger partial charge >= 0.3 is 11.9 Å². The third-order valence-corrected chi connectivity index (χ3v) is 4.97. The molecule has 1 saturated heterocycles. The van der Waals surface area contributed by atoms with E-state index in [-0.39, 0.29) is 13.0 Å². The minimum Gasteiger partial charge on any atom is -0.480 e. The number of carbonyl (C=O) groups is 2. The maximum absolute atomic E-state index is 11.8. The molecule has 9 heteroatoms. The van der Waals surface area contributed by atoms with Crippen LogP contribution in [0.15, 0.2) is 0 Å². The summed E-state index contributed by atoms with van der Waals surface area (Å²) in [6.45, 7) is 0.556. The second-order valence-corrected chi connectivity index (χ2v) is 6.32. The van der Waals surface area contributed by atoms with Crippen LogP contribution in [0.3, 0.4) is 0 Å². The molecule has 17 heavy (non-hydrogen) atoms. The second-order valence-electron chi connectivity index (χ2n) is 4.07. The number of carboxylic acids is 2. The van der Waals surface area contributed by atoms with E-state index in [1.807, 2.05) is 0 Å². The molecule has 0 bridgehead atoms. The van der Waals surface area contributed by atoms with E-state index < -0.39 is 39.3 Å². The molecule has 98 valence electrons. The summed E-state index contributed by atoms with van der Waals surface area (Å²) in [5.74, 6) is -2.77. The zero-order valence-electron chi connectivity index (χ0n) is 9.16. The van der Waals surface area contributed by atoms with Crippen molar-refractivity contribution in [3.63, 3.8) is 0 Å². The van der Waals surface area contributed by atoms with Crippen LogP contribution < -0.4 is 5.73 Å². The van der Waals surface area contributed by atoms with Gasteiger partial charge in [0.2, 0.25) is 10.0 Å². The van der Waals surface area contributed by atoms with Crippen molar-refractivity contribution < 1.29 is 28.2 Å². The van der Waals surface area contributed by atoms with E-state index >= 15 is 0 Å². The average Bonchev–Trinajstić information content (AvgIpc) is 2.61. The lowest BCUT2D eigenvalue weighted by atomic mass is 10.0. The number of hydrogen-bond acceptors (Lipinski definition) is 5. The van der Waals surface area contributed by atoms with Crippen LogP contribution in [0.5, 0.6) is 0 Å². The van der Waals surface area contributed by atoms with Crippen LogP contribution in [0.1, 0.15) is 13.3 Å². The summed E-state index contributed by atoms with van der Waals surface area (Å²) in [5, 5.41) is 15.9. The molecular weight excluding hydrogens is 252 g/mol. The Labute approximate surface area is 98.1 Å². The molecule has 2 atom stereocenters. The number of aliphatic carboxylic acids is 2. The van der Waals surface area contributed by atoms with Crippen molar-refractivity contribution in [3.8, 4) is 0 Å². The van der Waals surface area contributed by atoms with Crippen molar-refractivity contribution in [3.05, 3.63) is 0 Å². The Kier molecular flexibility index (Phi) is 3.46. The Bertz CT molecular complexity index is 447. The van der Waals surface area contributed by atoms with Crippen LogP contribution in [0.2, 0.25) is 0 Å². The van der Waals surface area contributed by atoms with Gasteiger partial charge in [-0.25, -0.2) is 8.42 Å². The van der Waals surface area contributed by atoms with E-state index in [9.17, 15) is 18.0 Å². The van der Waals surface area contributed by atoms with Gasteiger partial charge in [0, 0.05) is 13.1 Å². The average molecular weight is 266 g/mol. The first-order valence-electron chi connectivity index (χ1n) is 4.85. The van der Waals surface area contributed by atoms with Gasteiger partial charge in [-0.1, -0.05) is 0 Å². The van der Waals surface area contributed by atoms with Crippen molar-refractivity contribution >= 4 is 22.0 Å². The second kappa shape index (κ2) is 4.24. The fraction of sp³-hybridized carbons (Fsp3) is 0.750. The first-order chi connectivity index (χ1) is 7.61. The highest BCUT2D eigenvalue weighted by molar-refractivity contribution is 7.90. The quantitative estimate of drug-likeness (QED) is 0.550. The normalized spacial score (nSPS) is 27.9. The van der Waals surface area contributed by atoms with E-state index in [0.717, 1.165) is 11.2 Å². The van der Waals surface area contributed by atoms with Crippen LogP contribution in [0.25, 0.3) is 0 Å². The molecule has 1 rings (SSSR count). The van der Waals surface area contributed by atoms with Gasteiger partial charge in [0.25, 0.3) is 0 Å². The van der Waals surface area contributed by atoms with Gasteiger partial charge in [-0.2, -0.15) is 4.31 Å². The van der Waals surface area contributed by atoms with Gasteiger partial charge in [-0.05, 0) is 13.3 Å². The fourth-order valence-electron chi connectivity index (χ4n) is 1.54. The Morgan fingerprint density at radius 2 is 1.94 bits per heavy atom. The van der Waals surface area contributed by atoms with E-state index in [2.05, 4.69) is 0 Å². The molecule has 8 nitrogen and oxygen atoms in total. The summed E-state index contributed by atoms with van der Waals surface area (Å²) in [6, 6.07) is 0. The van der Waals surface area contributed by atoms with Gasteiger partial charge in [-0.15, -0.1) is 0 Å². The summed E-state index contributed by atoms with van der Waals surface area (Å²) in [6.07, 6.45) is -0.0338. The van der Waals surface area contributed by atoms with Gasteiger partial charge in [0.1, 0.15) is 5.54 Å². The van der Waals surface area contributed by atoms with Crippen LogP contribution in [0, 0.1) is 0 Å². The van der Waals surface area contributed by atoms with E-state index in [1.165, 1.54) is 0 Å². The molecule has 0 aromatic heterocycles. The summed E-state index contributed by atoms with van der Waals surface area (Å²) in [7, 11) is -4.05. The molecule has 1 aliphatic rings. The van der Waals surface area contributed by atoms with Crippen molar-refractivity contribution in [1.82, 2.24) is 4.31 Å². The van der Waals surface area contributed by atoms with Crippen LogP contribution in [-0.4, -0.2) is 58.8 Å². The van der Waals surface area contributed by atoms with Crippen molar-refractivity contribution in [1.29, 1.82) is 0 Å². The standard InChI is InChI=1S/C8H14N2O6S/c1-5(6(11)12)17(15,16)10-3-2-8(9,4-10)7(13)14/h5H,2-4,9H2,1H3,(H,11,12)(H,13,14). The minimum atomic E-state index is -4.05. The topological polar surface area (TPSA) is 138 Å². The van der Waals surface area contributed by atoms with E-state index in [0.29, 0.717) is 0 Å². The van der Waals surface area contributed by atoms with Crippen molar-refractivity contribution in [2.75, 3.05) is 13.1 Å². The maximum Gasteiger partial charge on any atom is 0.325 e. The predicted molar refractivity (Wildman–Crippen MR) is 56.8 cm³/mol. The van der Waals surface area contributed by atoms with Gasteiger partial charge in [0.05, 0.1) is 0 Å². The molecule has 1 aliphatic heterocycles. The molecule has 0 aliphatic carbocycles. The fourth-order valence-corrected chi connectivity index (χ4v) is 3.00. The number of rotatable bonds is 4. The summed E-state index contributed by atoms with van der Waals surface area (Å²) in [5.41, 5.74) is 3.88. The molecular formula is C8H14N2O6S. The van der Waals surface area contributed by atoms with E-state index in [4.69, 9.17) is 15.9 Å². The van der Waals surface area contributed by atoms with Gasteiger partial charge < -0.3 is 15.9 Å². The summed E-state index contributed by atoms with van der Waals surface area (Å²) >= 11 is 0. The summed E-state index contributed by atoms with van der Waals surface area (Å²) < 4.78 is 24.4.